The first-order valence-electron chi connectivity index (χ1n) is 8.09. The van der Waals surface area contributed by atoms with Gasteiger partial charge in [-0.2, -0.15) is 4.98 Å². The van der Waals surface area contributed by atoms with Gasteiger partial charge in [-0.05, 0) is 18.6 Å². The molecule has 0 N–H and O–H groups in total. The average Bonchev–Trinajstić information content (AvgIpc) is 3.05. The number of hydrogen-bond acceptors (Lipinski definition) is 6. The minimum Gasteiger partial charge on any atom is -0.485 e. The quantitative estimate of drug-likeness (QED) is 0.836. The molecule has 1 aliphatic heterocycles. The van der Waals surface area contributed by atoms with Gasteiger partial charge in [-0.3, -0.25) is 4.79 Å². The summed E-state index contributed by atoms with van der Waals surface area (Å²) >= 11 is 0. The largest absolute Gasteiger partial charge is 0.485 e. The molecule has 1 atom stereocenters. The van der Waals surface area contributed by atoms with Crippen LogP contribution < -0.4 is 4.74 Å². The van der Waals surface area contributed by atoms with E-state index in [9.17, 15) is 4.79 Å². The number of para-hydroxylation sites is 1. The number of rotatable bonds is 5. The smallest absolute Gasteiger partial charge is 0.257 e. The van der Waals surface area contributed by atoms with Crippen LogP contribution in [0.1, 0.15) is 35.4 Å². The van der Waals surface area contributed by atoms with E-state index >= 15 is 0 Å². The first kappa shape index (κ1) is 16.4. The number of aryl methyl sites for hydroxylation is 1. The molecule has 0 radical (unpaired) electrons. The zero-order valence-electron chi connectivity index (χ0n) is 13.9. The van der Waals surface area contributed by atoms with E-state index in [1.807, 2.05) is 17.0 Å². The Morgan fingerprint density at radius 1 is 1.42 bits per heavy atom. The summed E-state index contributed by atoms with van der Waals surface area (Å²) in [6.45, 7) is 5.69. The predicted octanol–water partition coefficient (Wildman–Crippen LogP) is 2.21. The van der Waals surface area contributed by atoms with Gasteiger partial charge in [0.1, 0.15) is 5.75 Å². The van der Waals surface area contributed by atoms with Gasteiger partial charge in [0.15, 0.2) is 6.61 Å². The highest BCUT2D eigenvalue weighted by molar-refractivity contribution is 5.97. The second-order valence-electron chi connectivity index (χ2n) is 5.67. The Hall–Kier alpha value is -2.41. The molecule has 7 nitrogen and oxygen atoms in total. The van der Waals surface area contributed by atoms with Crippen molar-refractivity contribution in [2.45, 2.75) is 33.0 Å². The van der Waals surface area contributed by atoms with Crippen LogP contribution in [-0.4, -0.2) is 46.7 Å². The zero-order valence-corrected chi connectivity index (χ0v) is 13.9. The lowest BCUT2D eigenvalue weighted by molar-refractivity contribution is -0.0227. The Labute approximate surface area is 140 Å². The van der Waals surface area contributed by atoms with Gasteiger partial charge in [0.2, 0.25) is 11.7 Å². The standard InChI is InChI=1S/C17H21N3O4/c1-3-13-10-20(8-9-22-13)17(21)14-6-4-5-7-15(14)23-11-16-18-12(2)24-19-16/h4-7,13H,3,8-11H2,1-2H3/t13-/m0/s1. The molecule has 7 heteroatoms. The molecule has 1 aromatic carbocycles. The predicted molar refractivity (Wildman–Crippen MR) is 85.7 cm³/mol. The molecule has 0 bridgehead atoms. The van der Waals surface area contributed by atoms with Crippen LogP contribution in [0.3, 0.4) is 0 Å². The number of carbonyl (C=O) groups excluding carboxylic acids is 1. The summed E-state index contributed by atoms with van der Waals surface area (Å²) in [6, 6.07) is 7.21. The van der Waals surface area contributed by atoms with E-state index in [0.29, 0.717) is 42.7 Å². The number of ether oxygens (including phenoxy) is 2. The maximum atomic E-state index is 12.8. The first-order chi connectivity index (χ1) is 11.7. The number of hydrogen-bond donors (Lipinski definition) is 0. The fourth-order valence-corrected chi connectivity index (χ4v) is 2.63. The molecule has 1 aliphatic rings. The molecular weight excluding hydrogens is 310 g/mol. The second-order valence-corrected chi connectivity index (χ2v) is 5.67. The topological polar surface area (TPSA) is 77.7 Å². The first-order valence-corrected chi connectivity index (χ1v) is 8.09. The third-order valence-corrected chi connectivity index (χ3v) is 3.93. The summed E-state index contributed by atoms with van der Waals surface area (Å²) in [7, 11) is 0. The van der Waals surface area contributed by atoms with Crippen molar-refractivity contribution in [3.05, 3.63) is 41.5 Å². The minimum atomic E-state index is -0.0448. The van der Waals surface area contributed by atoms with Crippen LogP contribution in [0.15, 0.2) is 28.8 Å². The van der Waals surface area contributed by atoms with Gasteiger partial charge in [-0.1, -0.05) is 24.2 Å². The molecule has 1 saturated heterocycles. The van der Waals surface area contributed by atoms with Crippen LogP contribution in [0.5, 0.6) is 5.75 Å². The van der Waals surface area contributed by atoms with Crippen molar-refractivity contribution < 1.29 is 18.8 Å². The Morgan fingerprint density at radius 2 is 2.25 bits per heavy atom. The highest BCUT2D eigenvalue weighted by Crippen LogP contribution is 2.22. The van der Waals surface area contributed by atoms with Crippen molar-refractivity contribution in [2.75, 3.05) is 19.7 Å². The van der Waals surface area contributed by atoms with E-state index in [4.69, 9.17) is 14.0 Å². The van der Waals surface area contributed by atoms with Crippen LogP contribution in [0.25, 0.3) is 0 Å². The Kier molecular flexibility index (Phi) is 5.10. The van der Waals surface area contributed by atoms with Crippen LogP contribution >= 0.6 is 0 Å². The van der Waals surface area contributed by atoms with E-state index < -0.39 is 0 Å². The maximum absolute atomic E-state index is 12.8. The van der Waals surface area contributed by atoms with Crippen LogP contribution in [-0.2, 0) is 11.3 Å². The molecule has 0 aliphatic carbocycles. The highest BCUT2D eigenvalue weighted by atomic mass is 16.5. The summed E-state index contributed by atoms with van der Waals surface area (Å²) in [4.78, 5) is 18.8. The SMILES string of the molecule is CC[C@H]1CN(C(=O)c2ccccc2OCc2noc(C)n2)CCO1. The van der Waals surface area contributed by atoms with Crippen LogP contribution in [0.4, 0.5) is 0 Å². The highest BCUT2D eigenvalue weighted by Gasteiger charge is 2.25. The summed E-state index contributed by atoms with van der Waals surface area (Å²) in [6.07, 6.45) is 0.983. The third-order valence-electron chi connectivity index (χ3n) is 3.93. The van der Waals surface area contributed by atoms with E-state index in [-0.39, 0.29) is 18.6 Å². The summed E-state index contributed by atoms with van der Waals surface area (Å²) in [5.74, 6) is 1.41. The van der Waals surface area contributed by atoms with Crippen molar-refractivity contribution in [1.82, 2.24) is 15.0 Å². The average molecular weight is 331 g/mol. The number of nitrogens with zero attached hydrogens (tertiary/aromatic N) is 3. The summed E-state index contributed by atoms with van der Waals surface area (Å²) < 4.78 is 16.3. The van der Waals surface area contributed by atoms with Gasteiger partial charge in [-0.25, -0.2) is 0 Å². The number of benzene rings is 1. The van der Waals surface area contributed by atoms with Crippen LogP contribution in [0.2, 0.25) is 0 Å². The Morgan fingerprint density at radius 3 is 3.00 bits per heavy atom. The Balaban J connectivity index is 1.72. The molecule has 3 rings (SSSR count). The van der Waals surface area contributed by atoms with Crippen molar-refractivity contribution >= 4 is 5.91 Å². The van der Waals surface area contributed by atoms with Gasteiger partial charge in [-0.15, -0.1) is 0 Å². The molecule has 0 unspecified atom stereocenters. The number of amides is 1. The third kappa shape index (κ3) is 3.73. The van der Waals surface area contributed by atoms with E-state index in [2.05, 4.69) is 17.1 Å². The van der Waals surface area contributed by atoms with Gasteiger partial charge in [0.25, 0.3) is 5.91 Å². The minimum absolute atomic E-state index is 0.0448. The van der Waals surface area contributed by atoms with Gasteiger partial charge in [0, 0.05) is 20.0 Å². The fraction of sp³-hybridized carbons (Fsp3) is 0.471. The normalized spacial score (nSPS) is 17.8. The van der Waals surface area contributed by atoms with E-state index in [0.717, 1.165) is 6.42 Å². The molecule has 1 amide bonds. The van der Waals surface area contributed by atoms with E-state index in [1.54, 1.807) is 19.1 Å². The fourth-order valence-electron chi connectivity index (χ4n) is 2.63. The van der Waals surface area contributed by atoms with Crippen molar-refractivity contribution in [3.8, 4) is 5.75 Å². The van der Waals surface area contributed by atoms with Crippen molar-refractivity contribution in [1.29, 1.82) is 0 Å². The van der Waals surface area contributed by atoms with Crippen LogP contribution in [0, 0.1) is 6.92 Å². The number of aromatic nitrogens is 2. The van der Waals surface area contributed by atoms with Crippen molar-refractivity contribution in [2.24, 2.45) is 0 Å². The van der Waals surface area contributed by atoms with Crippen molar-refractivity contribution in [3.63, 3.8) is 0 Å². The molecule has 1 fully saturated rings. The molecule has 2 aromatic rings. The summed E-state index contributed by atoms with van der Waals surface area (Å²) in [5, 5.41) is 3.79. The lowest BCUT2D eigenvalue weighted by Crippen LogP contribution is -2.45. The monoisotopic (exact) mass is 331 g/mol. The molecule has 0 spiro atoms. The molecule has 128 valence electrons. The van der Waals surface area contributed by atoms with E-state index in [1.165, 1.54) is 0 Å². The maximum Gasteiger partial charge on any atom is 0.257 e. The molecule has 0 saturated carbocycles. The zero-order chi connectivity index (χ0) is 16.9. The summed E-state index contributed by atoms with van der Waals surface area (Å²) in [5.41, 5.74) is 0.537. The number of carbonyl (C=O) groups is 1. The van der Waals surface area contributed by atoms with Gasteiger partial charge in [0.05, 0.1) is 18.3 Å². The molecule has 2 heterocycles. The van der Waals surface area contributed by atoms with Gasteiger partial charge >= 0.3 is 0 Å². The molecule has 1 aromatic heterocycles. The molecular formula is C17H21N3O4. The lowest BCUT2D eigenvalue weighted by Gasteiger charge is -2.32. The number of morpholine rings is 1. The second kappa shape index (κ2) is 7.44. The Bertz CT molecular complexity index is 701. The van der Waals surface area contributed by atoms with Gasteiger partial charge < -0.3 is 18.9 Å². The molecule has 24 heavy (non-hydrogen) atoms. The lowest BCUT2D eigenvalue weighted by atomic mass is 10.1.